The first-order chi connectivity index (χ1) is 11.3. The average molecular weight is 370 g/mol. The monoisotopic (exact) mass is 370 g/mol. The molecule has 130 valence electrons. The summed E-state index contributed by atoms with van der Waals surface area (Å²) in [5, 5.41) is 10.2. The SMILES string of the molecule is COc1ccc(S(=O)(=O)N[C@H](C(=O)Nc2nncs2)C(C)C)cc1. The highest BCUT2D eigenvalue weighted by atomic mass is 32.2. The third-order valence-corrected chi connectivity index (χ3v) is 5.25. The summed E-state index contributed by atoms with van der Waals surface area (Å²) in [5.74, 6) is -0.201. The molecule has 10 heteroatoms. The number of carbonyl (C=O) groups excluding carboxylic acids is 1. The van der Waals surface area contributed by atoms with Crippen molar-refractivity contribution in [1.82, 2.24) is 14.9 Å². The number of aromatic nitrogens is 2. The lowest BCUT2D eigenvalue weighted by atomic mass is 10.1. The summed E-state index contributed by atoms with van der Waals surface area (Å²) in [6, 6.07) is 4.98. The maximum atomic E-state index is 12.5. The van der Waals surface area contributed by atoms with E-state index in [9.17, 15) is 13.2 Å². The Morgan fingerprint density at radius 1 is 1.25 bits per heavy atom. The normalized spacial score (nSPS) is 12.8. The van der Waals surface area contributed by atoms with Gasteiger partial charge in [0.25, 0.3) is 0 Å². The molecule has 2 aromatic rings. The summed E-state index contributed by atoms with van der Waals surface area (Å²) >= 11 is 1.15. The molecule has 1 aromatic carbocycles. The largest absolute Gasteiger partial charge is 0.497 e. The van der Waals surface area contributed by atoms with Crippen LogP contribution >= 0.6 is 11.3 Å². The number of ether oxygens (including phenoxy) is 1. The van der Waals surface area contributed by atoms with Gasteiger partial charge in [-0.1, -0.05) is 25.2 Å². The fourth-order valence-corrected chi connectivity index (χ4v) is 3.69. The number of sulfonamides is 1. The zero-order chi connectivity index (χ0) is 17.7. The second-order valence-electron chi connectivity index (χ2n) is 5.25. The molecule has 0 spiro atoms. The van der Waals surface area contributed by atoms with Gasteiger partial charge in [-0.3, -0.25) is 10.1 Å². The van der Waals surface area contributed by atoms with Crippen LogP contribution in [-0.2, 0) is 14.8 Å². The number of rotatable bonds is 7. The van der Waals surface area contributed by atoms with E-state index in [-0.39, 0.29) is 10.8 Å². The Kier molecular flexibility index (Phi) is 5.86. The smallest absolute Gasteiger partial charge is 0.244 e. The number of nitrogens with one attached hydrogen (secondary N) is 2. The molecule has 1 atom stereocenters. The van der Waals surface area contributed by atoms with Crippen molar-refractivity contribution in [3.8, 4) is 5.75 Å². The second kappa shape index (κ2) is 7.69. The van der Waals surface area contributed by atoms with Crippen LogP contribution in [0.15, 0.2) is 34.7 Å². The van der Waals surface area contributed by atoms with Gasteiger partial charge in [0.15, 0.2) is 0 Å². The summed E-state index contributed by atoms with van der Waals surface area (Å²) in [6.45, 7) is 3.50. The van der Waals surface area contributed by atoms with E-state index >= 15 is 0 Å². The molecule has 0 fully saturated rings. The molecule has 0 aliphatic heterocycles. The van der Waals surface area contributed by atoms with Crippen molar-refractivity contribution < 1.29 is 17.9 Å². The van der Waals surface area contributed by atoms with Crippen LogP contribution in [-0.4, -0.2) is 37.7 Å². The summed E-state index contributed by atoms with van der Waals surface area (Å²) < 4.78 is 32.4. The third-order valence-electron chi connectivity index (χ3n) is 3.19. The minimum Gasteiger partial charge on any atom is -0.497 e. The van der Waals surface area contributed by atoms with Gasteiger partial charge in [0, 0.05) is 0 Å². The first-order valence-electron chi connectivity index (χ1n) is 7.07. The van der Waals surface area contributed by atoms with E-state index in [1.54, 1.807) is 26.0 Å². The van der Waals surface area contributed by atoms with Crippen LogP contribution in [0, 0.1) is 5.92 Å². The lowest BCUT2D eigenvalue weighted by Crippen LogP contribution is -2.47. The van der Waals surface area contributed by atoms with Crippen LogP contribution < -0.4 is 14.8 Å². The molecule has 1 amide bonds. The van der Waals surface area contributed by atoms with Gasteiger partial charge < -0.3 is 4.74 Å². The van der Waals surface area contributed by atoms with Gasteiger partial charge in [-0.05, 0) is 30.2 Å². The number of amides is 1. The second-order valence-corrected chi connectivity index (χ2v) is 7.80. The zero-order valence-corrected chi connectivity index (χ0v) is 15.0. The minimum absolute atomic E-state index is 0.0534. The van der Waals surface area contributed by atoms with Crippen molar-refractivity contribution >= 4 is 32.4 Å². The van der Waals surface area contributed by atoms with E-state index in [0.29, 0.717) is 10.9 Å². The lowest BCUT2D eigenvalue weighted by Gasteiger charge is -2.21. The molecule has 1 heterocycles. The highest BCUT2D eigenvalue weighted by Gasteiger charge is 2.29. The van der Waals surface area contributed by atoms with E-state index < -0.39 is 22.0 Å². The molecule has 0 saturated carbocycles. The summed E-state index contributed by atoms with van der Waals surface area (Å²) in [7, 11) is -2.36. The van der Waals surface area contributed by atoms with Crippen LogP contribution in [0.5, 0.6) is 5.75 Å². The number of anilines is 1. The first kappa shape index (κ1) is 18.3. The van der Waals surface area contributed by atoms with Gasteiger partial charge in [-0.15, -0.1) is 10.2 Å². The minimum atomic E-state index is -3.85. The van der Waals surface area contributed by atoms with E-state index in [2.05, 4.69) is 20.2 Å². The van der Waals surface area contributed by atoms with Crippen molar-refractivity contribution in [3.63, 3.8) is 0 Å². The average Bonchev–Trinajstić information content (AvgIpc) is 3.05. The molecular weight excluding hydrogens is 352 g/mol. The Morgan fingerprint density at radius 3 is 2.42 bits per heavy atom. The lowest BCUT2D eigenvalue weighted by molar-refractivity contribution is -0.118. The molecular formula is C14H18N4O4S2. The Hall–Kier alpha value is -2.04. The van der Waals surface area contributed by atoms with Crippen LogP contribution in [0.2, 0.25) is 0 Å². The fraction of sp³-hybridized carbons (Fsp3) is 0.357. The van der Waals surface area contributed by atoms with E-state index in [0.717, 1.165) is 11.3 Å². The molecule has 2 rings (SSSR count). The van der Waals surface area contributed by atoms with Crippen molar-refractivity contribution in [3.05, 3.63) is 29.8 Å². The van der Waals surface area contributed by atoms with Gasteiger partial charge >= 0.3 is 0 Å². The van der Waals surface area contributed by atoms with Gasteiger partial charge in [0.05, 0.1) is 12.0 Å². The van der Waals surface area contributed by atoms with Gasteiger partial charge in [-0.2, -0.15) is 4.72 Å². The molecule has 1 aromatic heterocycles. The fourth-order valence-electron chi connectivity index (χ4n) is 1.89. The first-order valence-corrected chi connectivity index (χ1v) is 9.43. The molecule has 0 unspecified atom stereocenters. The van der Waals surface area contributed by atoms with Crippen molar-refractivity contribution in [2.24, 2.45) is 5.92 Å². The van der Waals surface area contributed by atoms with E-state index in [1.807, 2.05) is 0 Å². The van der Waals surface area contributed by atoms with Crippen molar-refractivity contribution in [2.45, 2.75) is 24.8 Å². The molecule has 0 aliphatic rings. The number of benzene rings is 1. The van der Waals surface area contributed by atoms with Crippen LogP contribution in [0.3, 0.4) is 0 Å². The number of nitrogens with zero attached hydrogens (tertiary/aromatic N) is 2. The van der Waals surface area contributed by atoms with Crippen LogP contribution in [0.25, 0.3) is 0 Å². The molecule has 0 radical (unpaired) electrons. The highest BCUT2D eigenvalue weighted by Crippen LogP contribution is 2.17. The van der Waals surface area contributed by atoms with Crippen LogP contribution in [0.4, 0.5) is 5.13 Å². The summed E-state index contributed by atoms with van der Waals surface area (Å²) in [6.07, 6.45) is 0. The van der Waals surface area contributed by atoms with Crippen molar-refractivity contribution in [1.29, 1.82) is 0 Å². The molecule has 2 N–H and O–H groups in total. The Balaban J connectivity index is 2.17. The molecule has 0 aliphatic carbocycles. The summed E-state index contributed by atoms with van der Waals surface area (Å²) in [5.41, 5.74) is 1.47. The van der Waals surface area contributed by atoms with E-state index in [4.69, 9.17) is 4.74 Å². The molecule has 0 bridgehead atoms. The number of methoxy groups -OCH3 is 1. The Labute approximate surface area is 144 Å². The predicted molar refractivity (Wildman–Crippen MR) is 90.5 cm³/mol. The molecule has 24 heavy (non-hydrogen) atoms. The Bertz CT molecular complexity index is 774. The van der Waals surface area contributed by atoms with Gasteiger partial charge in [-0.25, -0.2) is 8.42 Å². The van der Waals surface area contributed by atoms with E-state index in [1.165, 1.54) is 24.8 Å². The number of hydrogen-bond acceptors (Lipinski definition) is 7. The zero-order valence-electron chi connectivity index (χ0n) is 13.4. The quantitative estimate of drug-likeness (QED) is 0.764. The standard InChI is InChI=1S/C14H18N4O4S2/c1-9(2)12(13(19)16-14-17-15-8-23-14)18-24(20,21)11-6-4-10(22-3)5-7-11/h4-9,12,18H,1-3H3,(H,16,17,19)/t12-/m0/s1. The number of carbonyl (C=O) groups is 1. The van der Waals surface area contributed by atoms with Crippen molar-refractivity contribution in [2.75, 3.05) is 12.4 Å². The third kappa shape index (κ3) is 4.49. The molecule has 0 saturated heterocycles. The molecule has 8 nitrogen and oxygen atoms in total. The van der Waals surface area contributed by atoms with Gasteiger partial charge in [0.2, 0.25) is 21.1 Å². The van der Waals surface area contributed by atoms with Gasteiger partial charge in [0.1, 0.15) is 17.3 Å². The van der Waals surface area contributed by atoms with Crippen LogP contribution in [0.1, 0.15) is 13.8 Å². The Morgan fingerprint density at radius 2 is 1.92 bits per heavy atom. The predicted octanol–water partition coefficient (Wildman–Crippen LogP) is 1.49. The maximum Gasteiger partial charge on any atom is 0.244 e. The maximum absolute atomic E-state index is 12.5. The highest BCUT2D eigenvalue weighted by molar-refractivity contribution is 7.89. The number of hydrogen-bond donors (Lipinski definition) is 2. The summed E-state index contributed by atoms with van der Waals surface area (Å²) in [4.78, 5) is 12.4. The topological polar surface area (TPSA) is 110 Å².